The molecular formula is C30H32N2O14S. The molecule has 0 aromatic heterocycles. The van der Waals surface area contributed by atoms with Gasteiger partial charge in [0, 0.05) is 59.6 Å². The maximum atomic E-state index is 10.2. The second-order valence-electron chi connectivity index (χ2n) is 10.6. The van der Waals surface area contributed by atoms with E-state index < -0.39 is 34.8 Å². The fourth-order valence-electron chi connectivity index (χ4n) is 5.00. The molecule has 2 aliphatic heterocycles. The zero-order valence-electron chi connectivity index (χ0n) is 24.2. The molecule has 2 aliphatic rings. The summed E-state index contributed by atoms with van der Waals surface area (Å²) < 4.78 is 43.0. The molecule has 4 aromatic rings. The summed E-state index contributed by atoms with van der Waals surface area (Å²) in [6.45, 7) is 0. The Kier molecular flexibility index (Phi) is 9.97. The largest absolute Gasteiger partial charge is 0.507 e. The summed E-state index contributed by atoms with van der Waals surface area (Å²) in [5, 5.41) is 77.9. The molecule has 0 bridgehead atoms. The number of benzene rings is 4. The zero-order valence-corrected chi connectivity index (χ0v) is 25.0. The highest BCUT2D eigenvalue weighted by molar-refractivity contribution is 7.79. The lowest BCUT2D eigenvalue weighted by atomic mass is 9.94. The minimum absolute atomic E-state index is 0.0175. The van der Waals surface area contributed by atoms with Crippen molar-refractivity contribution in [1.82, 2.24) is 0 Å². The van der Waals surface area contributed by atoms with E-state index in [1.807, 2.05) is 0 Å². The average Bonchev–Trinajstić information content (AvgIpc) is 2.96. The number of phenols is 6. The second kappa shape index (κ2) is 13.6. The molecule has 0 unspecified atom stereocenters. The van der Waals surface area contributed by atoms with E-state index in [0.717, 1.165) is 0 Å². The van der Waals surface area contributed by atoms with Crippen molar-refractivity contribution in [2.24, 2.45) is 0 Å². The van der Waals surface area contributed by atoms with Crippen LogP contribution in [0.2, 0.25) is 0 Å². The van der Waals surface area contributed by atoms with Gasteiger partial charge in [-0.15, -0.1) is 0 Å². The molecule has 0 amide bonds. The van der Waals surface area contributed by atoms with Gasteiger partial charge in [-0.1, -0.05) is 12.1 Å². The van der Waals surface area contributed by atoms with Crippen molar-refractivity contribution in [3.8, 4) is 46.0 Å². The maximum absolute atomic E-state index is 10.2. The Bertz CT molecular complexity index is 1760. The van der Waals surface area contributed by atoms with Gasteiger partial charge in [-0.05, 0) is 35.4 Å². The van der Waals surface area contributed by atoms with Crippen LogP contribution in [-0.2, 0) is 23.2 Å². The third kappa shape index (κ3) is 8.48. The predicted octanol–water partition coefficient (Wildman–Crippen LogP) is 2.19. The molecule has 0 saturated heterocycles. The van der Waals surface area contributed by atoms with E-state index in [4.69, 9.17) is 38.5 Å². The number of phenolic OH excluding ortho intramolecular Hbond substituents is 6. The number of hydrogen-bond acceptors (Lipinski definition) is 14. The molecule has 0 fully saturated rings. The van der Waals surface area contributed by atoms with E-state index in [0.29, 0.717) is 45.1 Å². The maximum Gasteiger partial charge on any atom is 0.394 e. The van der Waals surface area contributed by atoms with Crippen LogP contribution in [0.4, 0.5) is 11.4 Å². The van der Waals surface area contributed by atoms with Gasteiger partial charge < -0.3 is 61.8 Å². The van der Waals surface area contributed by atoms with Crippen molar-refractivity contribution in [1.29, 1.82) is 0 Å². The summed E-state index contributed by atoms with van der Waals surface area (Å²) in [4.78, 5) is 0. The van der Waals surface area contributed by atoms with Gasteiger partial charge in [-0.2, -0.15) is 8.42 Å². The number of aromatic hydroxyl groups is 6. The highest BCUT2D eigenvalue weighted by Crippen LogP contribution is 2.43. The fraction of sp³-hybridized carbons (Fsp3) is 0.200. The number of aliphatic hydroxyl groups is 2. The Morgan fingerprint density at radius 3 is 1.21 bits per heavy atom. The number of fused-ring (bicyclic) bond motifs is 2. The van der Waals surface area contributed by atoms with Crippen molar-refractivity contribution in [3.05, 3.63) is 82.9 Å². The molecular weight excluding hydrogens is 644 g/mol. The summed E-state index contributed by atoms with van der Waals surface area (Å²) in [7, 11) is -4.67. The molecule has 252 valence electrons. The first-order valence-corrected chi connectivity index (χ1v) is 15.0. The molecule has 17 heteroatoms. The third-order valence-corrected chi connectivity index (χ3v) is 7.10. The first-order valence-electron chi connectivity index (χ1n) is 13.6. The zero-order chi connectivity index (χ0) is 34.8. The van der Waals surface area contributed by atoms with Crippen LogP contribution in [0.3, 0.4) is 0 Å². The monoisotopic (exact) mass is 676 g/mol. The highest BCUT2D eigenvalue weighted by Gasteiger charge is 2.33. The van der Waals surface area contributed by atoms with E-state index in [2.05, 4.69) is 0 Å². The molecule has 2 heterocycles. The first kappa shape index (κ1) is 34.5. The Morgan fingerprint density at radius 2 is 0.894 bits per heavy atom. The number of nitrogens with two attached hydrogens (primary N) is 2. The Hall–Kier alpha value is -5.33. The average molecular weight is 677 g/mol. The molecule has 6 rings (SSSR count). The summed E-state index contributed by atoms with van der Waals surface area (Å²) in [5.41, 5.74) is 14.1. The van der Waals surface area contributed by atoms with Crippen molar-refractivity contribution >= 4 is 21.8 Å². The van der Waals surface area contributed by atoms with Crippen LogP contribution >= 0.6 is 0 Å². The number of aliphatic hydroxyl groups excluding tert-OH is 2. The molecule has 47 heavy (non-hydrogen) atoms. The Morgan fingerprint density at radius 1 is 0.553 bits per heavy atom. The number of hydrogen-bond donors (Lipinski definition) is 12. The summed E-state index contributed by atoms with van der Waals surface area (Å²) in [5.74, 6) is -0.301. The van der Waals surface area contributed by atoms with Crippen LogP contribution in [0.5, 0.6) is 46.0 Å². The van der Waals surface area contributed by atoms with Gasteiger partial charge in [0.2, 0.25) is 0 Å². The summed E-state index contributed by atoms with van der Waals surface area (Å²) in [6.07, 6.45) is -2.82. The van der Waals surface area contributed by atoms with Gasteiger partial charge in [0.1, 0.15) is 35.2 Å². The molecule has 16 nitrogen and oxygen atoms in total. The molecule has 4 aromatic carbocycles. The third-order valence-electron chi connectivity index (χ3n) is 7.10. The highest BCUT2D eigenvalue weighted by atomic mass is 32.3. The van der Waals surface area contributed by atoms with E-state index in [1.165, 1.54) is 36.4 Å². The second-order valence-corrected chi connectivity index (χ2v) is 11.5. The lowest BCUT2D eigenvalue weighted by molar-refractivity contribution is 0.0199. The lowest BCUT2D eigenvalue weighted by Crippen LogP contribution is -2.30. The molecule has 4 atom stereocenters. The minimum atomic E-state index is -4.67. The van der Waals surface area contributed by atoms with Crippen molar-refractivity contribution < 1.29 is 67.8 Å². The first-order chi connectivity index (χ1) is 21.9. The smallest absolute Gasteiger partial charge is 0.394 e. The lowest BCUT2D eigenvalue weighted by Gasteiger charge is -2.31. The summed E-state index contributed by atoms with van der Waals surface area (Å²) >= 11 is 0. The van der Waals surface area contributed by atoms with Gasteiger partial charge in [0.15, 0.2) is 23.0 Å². The minimum Gasteiger partial charge on any atom is -0.507 e. The van der Waals surface area contributed by atoms with Gasteiger partial charge in [0.05, 0.1) is 12.2 Å². The van der Waals surface area contributed by atoms with E-state index in [1.54, 1.807) is 24.3 Å². The van der Waals surface area contributed by atoms with Gasteiger partial charge in [-0.3, -0.25) is 9.11 Å². The van der Waals surface area contributed by atoms with Gasteiger partial charge in [0.25, 0.3) is 0 Å². The molecule has 0 saturated carbocycles. The van der Waals surface area contributed by atoms with Gasteiger partial charge in [-0.25, -0.2) is 0 Å². The van der Waals surface area contributed by atoms with Gasteiger partial charge >= 0.3 is 10.4 Å². The van der Waals surface area contributed by atoms with Crippen LogP contribution in [0.1, 0.15) is 34.5 Å². The predicted molar refractivity (Wildman–Crippen MR) is 165 cm³/mol. The molecule has 0 spiro atoms. The quantitative estimate of drug-likeness (QED) is 0.0822. The topological polar surface area (TPSA) is 307 Å². The SMILES string of the molecule is Nc1cc(O)c2c(c1)O[C@H](c1ccc(O)c(O)c1)[C@H](O)C2.Nc1cc(O)c2c(c1)O[C@H](c1ccc(O)c(O)c1)[C@H](O)C2.O=S(=O)(O)O. The number of nitrogen functional groups attached to an aromatic ring is 2. The standard InChI is InChI=1S/2C15H15NO5.H2O4S/c2*16-8-4-11(18)9-6-13(20)15(21-14(9)5-8)7-1-2-10(17)12(19)3-7;1-5(2,3)4/h2*1-5,13,15,17-20H,6,16H2;(H2,1,2,3,4)/t2*13-,15-;/m11./s1. The Balaban J connectivity index is 0.000000186. The molecule has 14 N–H and O–H groups in total. The fourth-order valence-corrected chi connectivity index (χ4v) is 5.00. The normalized spacial score (nSPS) is 19.7. The van der Waals surface area contributed by atoms with Crippen LogP contribution in [-0.4, -0.2) is 70.6 Å². The van der Waals surface area contributed by atoms with Crippen molar-refractivity contribution in [2.75, 3.05) is 11.5 Å². The molecule has 0 aliphatic carbocycles. The van der Waals surface area contributed by atoms with Crippen LogP contribution < -0.4 is 20.9 Å². The number of ether oxygens (including phenoxy) is 2. The summed E-state index contributed by atoms with van der Waals surface area (Å²) in [6, 6.07) is 14.4. The van der Waals surface area contributed by atoms with E-state index in [-0.39, 0.29) is 47.3 Å². The van der Waals surface area contributed by atoms with Crippen molar-refractivity contribution in [2.45, 2.75) is 37.3 Å². The van der Waals surface area contributed by atoms with Crippen molar-refractivity contribution in [3.63, 3.8) is 0 Å². The van der Waals surface area contributed by atoms with E-state index >= 15 is 0 Å². The number of rotatable bonds is 2. The number of anilines is 2. The van der Waals surface area contributed by atoms with E-state index in [9.17, 15) is 40.9 Å². The van der Waals surface area contributed by atoms with Crippen LogP contribution in [0.25, 0.3) is 0 Å². The molecule has 0 radical (unpaired) electrons. The Labute approximate surface area is 267 Å². The van der Waals surface area contributed by atoms with Crippen LogP contribution in [0, 0.1) is 0 Å². The van der Waals surface area contributed by atoms with Crippen LogP contribution in [0.15, 0.2) is 60.7 Å².